The second-order valence-electron chi connectivity index (χ2n) is 4.89. The van der Waals surface area contributed by atoms with Crippen molar-refractivity contribution in [1.82, 2.24) is 0 Å². The fraction of sp³-hybridized carbons (Fsp3) is 0.879. The molecule has 33 heavy (non-hydrogen) atoms. The van der Waals surface area contributed by atoms with Crippen LogP contribution in [0.5, 0.6) is 0 Å². The zero-order valence-corrected chi connectivity index (χ0v) is 27.3. The molecular weight excluding hydrogens is 396 g/mol. The summed E-state index contributed by atoms with van der Waals surface area (Å²) in [4.78, 5) is 0. The molecule has 1 fully saturated rings. The fourth-order valence-corrected chi connectivity index (χ4v) is 1.43. The van der Waals surface area contributed by atoms with Gasteiger partial charge in [-0.25, -0.2) is 0 Å². The van der Waals surface area contributed by atoms with Crippen molar-refractivity contribution in [3.8, 4) is 0 Å². The molecule has 0 aromatic carbocycles. The summed E-state index contributed by atoms with van der Waals surface area (Å²) in [5.41, 5.74) is 0. The summed E-state index contributed by atoms with van der Waals surface area (Å²) in [5.74, 6) is 2.04. The first-order valence-corrected chi connectivity index (χ1v) is 14.2. The van der Waals surface area contributed by atoms with Crippen LogP contribution in [0.1, 0.15) is 185 Å². The van der Waals surface area contributed by atoms with Crippen molar-refractivity contribution in [2.45, 2.75) is 185 Å². The highest BCUT2D eigenvalue weighted by Gasteiger charge is 2.13. The third-order valence-corrected chi connectivity index (χ3v) is 2.30. The highest BCUT2D eigenvalue weighted by molar-refractivity contribution is 4.65. The molecule has 1 aliphatic carbocycles. The predicted octanol–water partition coefficient (Wildman–Crippen LogP) is 15.1. The van der Waals surface area contributed by atoms with Gasteiger partial charge in [-0.15, -0.1) is 13.2 Å². The number of hydrogen-bond acceptors (Lipinski definition) is 0. The molecule has 0 heterocycles. The average molecular weight is 483 g/mol. The van der Waals surface area contributed by atoms with Crippen LogP contribution in [0.25, 0.3) is 0 Å². The first kappa shape index (κ1) is 76.7. The van der Waals surface area contributed by atoms with E-state index in [1.807, 2.05) is 111 Å². The molecule has 218 valence electrons. The molecule has 0 saturated heterocycles. The average Bonchev–Trinajstić information content (AvgIpc) is 2.86. The van der Waals surface area contributed by atoms with Crippen molar-refractivity contribution in [1.29, 1.82) is 0 Å². The Kier molecular flexibility index (Phi) is 437. The standard InChI is InChI=1S/C8H16.C3H8.2C3H6.7C2H6.2CH4/c1-7-3-5-8(2)6-4-7;3*1-3-2;7*1-2;;/h7-8H,3-6H2,1-2H3;3H2,1-2H3;2*3H,1H2,2H3;7*1-2H3;2*1H4. The Hall–Kier alpha value is -0.520. The lowest BCUT2D eigenvalue weighted by Crippen LogP contribution is -2.08. The van der Waals surface area contributed by atoms with Crippen LogP contribution in [0.15, 0.2) is 25.3 Å². The van der Waals surface area contributed by atoms with Gasteiger partial charge in [0.1, 0.15) is 0 Å². The number of hydrogen-bond donors (Lipinski definition) is 0. The Balaban J connectivity index is -0.0000000157. The van der Waals surface area contributed by atoms with Crippen LogP contribution in [0.3, 0.4) is 0 Å². The molecule has 0 aliphatic heterocycles. The SMILES string of the molecule is C.C.C=CC.C=CC.CC.CC.CC.CC.CC.CC.CC.CC1CCC(C)CC1.CCC. The molecule has 1 aliphatic rings. The molecular formula is C33H86. The Morgan fingerprint density at radius 2 is 0.545 bits per heavy atom. The zero-order valence-electron chi connectivity index (χ0n) is 27.3. The molecule has 0 unspecified atom stereocenters. The molecule has 0 amide bonds. The van der Waals surface area contributed by atoms with Crippen molar-refractivity contribution in [2.75, 3.05) is 0 Å². The summed E-state index contributed by atoms with van der Waals surface area (Å²) in [6.07, 6.45) is 10.6. The lowest BCUT2D eigenvalue weighted by atomic mass is 9.84. The lowest BCUT2D eigenvalue weighted by Gasteiger charge is -2.22. The quantitative estimate of drug-likeness (QED) is 0.301. The van der Waals surface area contributed by atoms with Gasteiger partial charge in [-0.2, -0.15) is 0 Å². The highest BCUT2D eigenvalue weighted by atomic mass is 14.2. The summed E-state index contributed by atoms with van der Waals surface area (Å²) in [7, 11) is 0. The van der Waals surface area contributed by atoms with E-state index in [4.69, 9.17) is 0 Å². The second kappa shape index (κ2) is 188. The molecule has 0 atom stereocenters. The van der Waals surface area contributed by atoms with Crippen LogP contribution in [0.4, 0.5) is 0 Å². The van der Waals surface area contributed by atoms with Crippen molar-refractivity contribution in [3.63, 3.8) is 0 Å². The van der Waals surface area contributed by atoms with Crippen molar-refractivity contribution >= 4 is 0 Å². The van der Waals surface area contributed by atoms with Crippen LogP contribution in [-0.2, 0) is 0 Å². The molecule has 0 nitrogen and oxygen atoms in total. The van der Waals surface area contributed by atoms with E-state index in [1.165, 1.54) is 32.1 Å². The van der Waals surface area contributed by atoms with Gasteiger partial charge in [0.2, 0.25) is 0 Å². The third kappa shape index (κ3) is 304. The number of allylic oxidation sites excluding steroid dienone is 2. The van der Waals surface area contributed by atoms with Crippen LogP contribution >= 0.6 is 0 Å². The summed E-state index contributed by atoms with van der Waals surface area (Å²) in [5, 5.41) is 0. The van der Waals surface area contributed by atoms with Crippen LogP contribution in [0, 0.1) is 11.8 Å². The zero-order chi connectivity index (χ0) is 28.1. The second-order valence-corrected chi connectivity index (χ2v) is 4.89. The first-order valence-electron chi connectivity index (χ1n) is 14.2. The fourth-order valence-electron chi connectivity index (χ4n) is 1.43. The maximum atomic E-state index is 3.36. The first-order chi connectivity index (χ1) is 15.0. The Labute approximate surface area is 222 Å². The smallest absolute Gasteiger partial charge is 0.0443 e. The highest BCUT2D eigenvalue weighted by Crippen LogP contribution is 2.27. The van der Waals surface area contributed by atoms with Gasteiger partial charge < -0.3 is 0 Å². The van der Waals surface area contributed by atoms with Crippen LogP contribution < -0.4 is 0 Å². The van der Waals surface area contributed by atoms with Crippen molar-refractivity contribution < 1.29 is 0 Å². The van der Waals surface area contributed by atoms with E-state index in [0.29, 0.717) is 0 Å². The predicted molar refractivity (Wildman–Crippen MR) is 177 cm³/mol. The monoisotopic (exact) mass is 483 g/mol. The molecule has 0 aromatic heterocycles. The Morgan fingerprint density at radius 3 is 0.606 bits per heavy atom. The minimum atomic E-state index is 0. The summed E-state index contributed by atoms with van der Waals surface area (Å²) < 4.78 is 0. The lowest BCUT2D eigenvalue weighted by molar-refractivity contribution is 0.308. The third-order valence-electron chi connectivity index (χ3n) is 2.30. The molecule has 0 spiro atoms. The molecule has 0 aromatic rings. The van der Waals surface area contributed by atoms with Crippen molar-refractivity contribution in [2.24, 2.45) is 11.8 Å². The normalized spacial score (nSPS) is 12.2. The summed E-state index contributed by atoms with van der Waals surface area (Å²) in [6, 6.07) is 0. The van der Waals surface area contributed by atoms with Gasteiger partial charge in [-0.1, -0.05) is 184 Å². The number of rotatable bonds is 0. The van der Waals surface area contributed by atoms with E-state index in [0.717, 1.165) is 11.8 Å². The summed E-state index contributed by atoms with van der Waals surface area (Å²) in [6.45, 7) is 47.5. The van der Waals surface area contributed by atoms with Gasteiger partial charge in [0.25, 0.3) is 0 Å². The van der Waals surface area contributed by atoms with Gasteiger partial charge in [-0.3, -0.25) is 0 Å². The van der Waals surface area contributed by atoms with E-state index in [2.05, 4.69) is 40.9 Å². The maximum Gasteiger partial charge on any atom is -0.0443 e. The largest absolute Gasteiger partial charge is 0.103 e. The molecule has 0 N–H and O–H groups in total. The van der Waals surface area contributed by atoms with Crippen molar-refractivity contribution in [3.05, 3.63) is 25.3 Å². The van der Waals surface area contributed by atoms with E-state index in [9.17, 15) is 0 Å². The minimum Gasteiger partial charge on any atom is -0.103 e. The molecule has 1 saturated carbocycles. The van der Waals surface area contributed by atoms with Gasteiger partial charge >= 0.3 is 0 Å². The van der Waals surface area contributed by atoms with Crippen LogP contribution in [0.2, 0.25) is 0 Å². The molecule has 0 radical (unpaired) electrons. The van der Waals surface area contributed by atoms with E-state index < -0.39 is 0 Å². The van der Waals surface area contributed by atoms with E-state index in [-0.39, 0.29) is 14.9 Å². The Bertz CT molecular complexity index is 111. The van der Waals surface area contributed by atoms with Gasteiger partial charge in [0.15, 0.2) is 0 Å². The minimum absolute atomic E-state index is 0. The van der Waals surface area contributed by atoms with Gasteiger partial charge in [0.05, 0.1) is 0 Å². The maximum absolute atomic E-state index is 3.36. The molecule has 1 rings (SSSR count). The van der Waals surface area contributed by atoms with Crippen LogP contribution in [-0.4, -0.2) is 0 Å². The van der Waals surface area contributed by atoms with Gasteiger partial charge in [0, 0.05) is 0 Å². The van der Waals surface area contributed by atoms with E-state index >= 15 is 0 Å². The Morgan fingerprint density at radius 1 is 0.485 bits per heavy atom. The topological polar surface area (TPSA) is 0 Å². The van der Waals surface area contributed by atoms with Gasteiger partial charge in [-0.05, 0) is 25.7 Å². The summed E-state index contributed by atoms with van der Waals surface area (Å²) >= 11 is 0. The molecule has 0 bridgehead atoms. The molecule has 0 heteroatoms. The van der Waals surface area contributed by atoms with E-state index in [1.54, 1.807) is 12.2 Å².